The molecule has 3 rings (SSSR count). The van der Waals surface area contributed by atoms with Crippen molar-refractivity contribution in [1.82, 2.24) is 9.80 Å². The van der Waals surface area contributed by atoms with Gasteiger partial charge < -0.3 is 10.0 Å². The Labute approximate surface area is 136 Å². The number of carbonyl (C=O) groups is 2. The smallest absolute Gasteiger partial charge is 0.326 e. The summed E-state index contributed by atoms with van der Waals surface area (Å²) < 4.78 is 0. The standard InChI is InChI=1S/C18H24N2O3/c21-17(20-10-4-7-16(20)18(22)23)15-8-11-19(12-9-15)13-14-5-2-1-3-6-14/h1-3,5-6,15-16H,4,7-13H2,(H,22,23)/t16-/m0/s1. The molecule has 5 heteroatoms. The fraction of sp³-hybridized carbons (Fsp3) is 0.556. The zero-order valence-corrected chi connectivity index (χ0v) is 13.4. The topological polar surface area (TPSA) is 60.9 Å². The summed E-state index contributed by atoms with van der Waals surface area (Å²) in [6.45, 7) is 3.32. The summed E-state index contributed by atoms with van der Waals surface area (Å²) in [6, 6.07) is 9.75. The van der Waals surface area contributed by atoms with Gasteiger partial charge in [-0.3, -0.25) is 9.69 Å². The van der Waals surface area contributed by atoms with Crippen LogP contribution in [0.5, 0.6) is 0 Å². The summed E-state index contributed by atoms with van der Waals surface area (Å²) in [6.07, 6.45) is 3.05. The molecule has 23 heavy (non-hydrogen) atoms. The number of hydrogen-bond acceptors (Lipinski definition) is 3. The Kier molecular flexibility index (Phi) is 4.96. The van der Waals surface area contributed by atoms with E-state index in [1.807, 2.05) is 18.2 Å². The molecule has 2 saturated heterocycles. The average molecular weight is 316 g/mol. The van der Waals surface area contributed by atoms with E-state index in [0.29, 0.717) is 13.0 Å². The first-order chi connectivity index (χ1) is 11.1. The van der Waals surface area contributed by atoms with Gasteiger partial charge in [0.1, 0.15) is 6.04 Å². The second-order valence-corrected chi connectivity index (χ2v) is 6.56. The maximum atomic E-state index is 12.6. The van der Waals surface area contributed by atoms with Crippen molar-refractivity contribution >= 4 is 11.9 Å². The van der Waals surface area contributed by atoms with Crippen LogP contribution >= 0.6 is 0 Å². The molecule has 0 spiro atoms. The first-order valence-corrected chi connectivity index (χ1v) is 8.44. The normalized spacial score (nSPS) is 23.1. The van der Waals surface area contributed by atoms with E-state index in [9.17, 15) is 14.7 Å². The molecule has 0 radical (unpaired) electrons. The van der Waals surface area contributed by atoms with Crippen LogP contribution in [-0.4, -0.2) is 52.5 Å². The minimum Gasteiger partial charge on any atom is -0.480 e. The number of benzene rings is 1. The van der Waals surface area contributed by atoms with Gasteiger partial charge in [-0.25, -0.2) is 4.79 Å². The van der Waals surface area contributed by atoms with Gasteiger partial charge >= 0.3 is 5.97 Å². The van der Waals surface area contributed by atoms with Crippen molar-refractivity contribution in [2.24, 2.45) is 5.92 Å². The zero-order valence-electron chi connectivity index (χ0n) is 13.4. The summed E-state index contributed by atoms with van der Waals surface area (Å²) in [5.74, 6) is -0.825. The predicted molar refractivity (Wildman–Crippen MR) is 86.8 cm³/mol. The summed E-state index contributed by atoms with van der Waals surface area (Å²) in [4.78, 5) is 27.8. The van der Waals surface area contributed by atoms with Gasteiger partial charge in [0, 0.05) is 19.0 Å². The summed E-state index contributed by atoms with van der Waals surface area (Å²) in [5, 5.41) is 9.23. The largest absolute Gasteiger partial charge is 0.480 e. The van der Waals surface area contributed by atoms with Gasteiger partial charge in [-0.05, 0) is 44.3 Å². The highest BCUT2D eigenvalue weighted by atomic mass is 16.4. The van der Waals surface area contributed by atoms with Crippen LogP contribution in [0.15, 0.2) is 30.3 Å². The van der Waals surface area contributed by atoms with Crippen LogP contribution in [-0.2, 0) is 16.1 Å². The number of nitrogens with zero attached hydrogens (tertiary/aromatic N) is 2. The van der Waals surface area contributed by atoms with Crippen molar-refractivity contribution < 1.29 is 14.7 Å². The van der Waals surface area contributed by atoms with Gasteiger partial charge in [-0.2, -0.15) is 0 Å². The minimum absolute atomic E-state index is 0.0121. The van der Waals surface area contributed by atoms with Crippen molar-refractivity contribution in [1.29, 1.82) is 0 Å². The summed E-state index contributed by atoms with van der Waals surface area (Å²) in [7, 11) is 0. The van der Waals surface area contributed by atoms with Crippen LogP contribution in [0, 0.1) is 5.92 Å². The summed E-state index contributed by atoms with van der Waals surface area (Å²) in [5.41, 5.74) is 1.29. The highest BCUT2D eigenvalue weighted by Gasteiger charge is 2.37. The van der Waals surface area contributed by atoms with Crippen LogP contribution in [0.2, 0.25) is 0 Å². The second-order valence-electron chi connectivity index (χ2n) is 6.56. The van der Waals surface area contributed by atoms with E-state index in [4.69, 9.17) is 0 Å². The van der Waals surface area contributed by atoms with Crippen molar-refractivity contribution in [3.63, 3.8) is 0 Å². The highest BCUT2D eigenvalue weighted by molar-refractivity contribution is 5.85. The number of rotatable bonds is 4. The van der Waals surface area contributed by atoms with Crippen molar-refractivity contribution in [2.75, 3.05) is 19.6 Å². The van der Waals surface area contributed by atoms with Gasteiger partial charge in [0.25, 0.3) is 0 Å². The number of likely N-dealkylation sites (tertiary alicyclic amines) is 2. The lowest BCUT2D eigenvalue weighted by atomic mass is 9.94. The quantitative estimate of drug-likeness (QED) is 0.922. The third-order valence-corrected chi connectivity index (χ3v) is 5.01. The third kappa shape index (κ3) is 3.72. The first-order valence-electron chi connectivity index (χ1n) is 8.44. The molecule has 2 aliphatic rings. The molecule has 0 saturated carbocycles. The van der Waals surface area contributed by atoms with E-state index >= 15 is 0 Å². The van der Waals surface area contributed by atoms with Gasteiger partial charge in [-0.1, -0.05) is 30.3 Å². The number of carboxylic acid groups (broad SMARTS) is 1. The Morgan fingerprint density at radius 3 is 2.39 bits per heavy atom. The number of aliphatic carboxylic acids is 1. The van der Waals surface area contributed by atoms with Crippen LogP contribution in [0.25, 0.3) is 0 Å². The molecule has 124 valence electrons. The molecule has 0 bridgehead atoms. The molecule has 1 aromatic rings. The molecule has 2 aliphatic heterocycles. The van der Waals surface area contributed by atoms with Crippen LogP contribution in [0.1, 0.15) is 31.2 Å². The Morgan fingerprint density at radius 2 is 1.74 bits per heavy atom. The van der Waals surface area contributed by atoms with Gasteiger partial charge in [0.2, 0.25) is 5.91 Å². The summed E-state index contributed by atoms with van der Waals surface area (Å²) >= 11 is 0. The number of piperidine rings is 1. The van der Waals surface area contributed by atoms with E-state index in [2.05, 4.69) is 17.0 Å². The Balaban J connectivity index is 1.52. The SMILES string of the molecule is O=C(O)[C@@H]1CCCN1C(=O)C1CCN(Cc2ccccc2)CC1. The number of carboxylic acids is 1. The van der Waals surface area contributed by atoms with E-state index in [0.717, 1.165) is 38.9 Å². The molecule has 0 aromatic heterocycles. The Hall–Kier alpha value is -1.88. The molecule has 0 aliphatic carbocycles. The monoisotopic (exact) mass is 316 g/mol. The lowest BCUT2D eigenvalue weighted by Crippen LogP contribution is -2.46. The molecule has 2 heterocycles. The third-order valence-electron chi connectivity index (χ3n) is 5.01. The maximum Gasteiger partial charge on any atom is 0.326 e. The highest BCUT2D eigenvalue weighted by Crippen LogP contribution is 2.26. The molecular weight excluding hydrogens is 292 g/mol. The van der Waals surface area contributed by atoms with E-state index in [-0.39, 0.29) is 11.8 Å². The number of amides is 1. The van der Waals surface area contributed by atoms with Gasteiger partial charge in [0.15, 0.2) is 0 Å². The fourth-order valence-electron chi connectivity index (χ4n) is 3.70. The predicted octanol–water partition coefficient (Wildman–Crippen LogP) is 1.97. The molecule has 1 N–H and O–H groups in total. The first kappa shape index (κ1) is 16.0. The Bertz CT molecular complexity index is 553. The molecule has 2 fully saturated rings. The minimum atomic E-state index is -0.864. The van der Waals surface area contributed by atoms with Crippen molar-refractivity contribution in [2.45, 2.75) is 38.3 Å². The van der Waals surface area contributed by atoms with E-state index in [1.54, 1.807) is 4.90 Å². The lowest BCUT2D eigenvalue weighted by molar-refractivity contribution is -0.150. The zero-order chi connectivity index (χ0) is 16.2. The molecule has 0 unspecified atom stereocenters. The number of carbonyl (C=O) groups excluding carboxylic acids is 1. The van der Waals surface area contributed by atoms with Crippen LogP contribution in [0.3, 0.4) is 0 Å². The van der Waals surface area contributed by atoms with Crippen molar-refractivity contribution in [3.8, 4) is 0 Å². The molecular formula is C18H24N2O3. The van der Waals surface area contributed by atoms with Crippen LogP contribution < -0.4 is 0 Å². The van der Waals surface area contributed by atoms with E-state index in [1.165, 1.54) is 5.56 Å². The second kappa shape index (κ2) is 7.13. The molecule has 1 atom stereocenters. The fourth-order valence-corrected chi connectivity index (χ4v) is 3.70. The van der Waals surface area contributed by atoms with E-state index < -0.39 is 12.0 Å². The van der Waals surface area contributed by atoms with Crippen molar-refractivity contribution in [3.05, 3.63) is 35.9 Å². The van der Waals surface area contributed by atoms with Gasteiger partial charge in [-0.15, -0.1) is 0 Å². The molecule has 5 nitrogen and oxygen atoms in total. The molecule has 1 aromatic carbocycles. The lowest BCUT2D eigenvalue weighted by Gasteiger charge is -2.34. The Morgan fingerprint density at radius 1 is 1.04 bits per heavy atom. The van der Waals surface area contributed by atoms with Crippen LogP contribution in [0.4, 0.5) is 0 Å². The molecule has 1 amide bonds. The maximum absolute atomic E-state index is 12.6. The average Bonchev–Trinajstić information content (AvgIpc) is 3.06. The van der Waals surface area contributed by atoms with Gasteiger partial charge in [0.05, 0.1) is 0 Å². The number of hydrogen-bond donors (Lipinski definition) is 1.